The maximum Gasteiger partial charge on any atom is 0.290 e. The van der Waals surface area contributed by atoms with E-state index in [0.29, 0.717) is 9.93 Å². The van der Waals surface area contributed by atoms with Crippen LogP contribution in [0.5, 0.6) is 0 Å². The third-order valence-electron chi connectivity index (χ3n) is 2.73. The van der Waals surface area contributed by atoms with Crippen molar-refractivity contribution in [3.8, 4) is 11.3 Å². The van der Waals surface area contributed by atoms with Gasteiger partial charge in [0.05, 0.1) is 16.8 Å². The Kier molecular flexibility index (Phi) is 3.33. The second-order valence-electron chi connectivity index (χ2n) is 4.06. The van der Waals surface area contributed by atoms with Crippen LogP contribution in [0.25, 0.3) is 17.3 Å². The number of carbonyl (C=O) groups is 2. The minimum atomic E-state index is -0.386. The number of halogens is 1. The zero-order chi connectivity index (χ0) is 14.1. The number of carbonyl (C=O) groups excluding carboxylic acids is 2. The van der Waals surface area contributed by atoms with E-state index in [0.717, 1.165) is 28.6 Å². The van der Waals surface area contributed by atoms with Crippen LogP contribution in [-0.2, 0) is 4.79 Å². The molecule has 1 aliphatic rings. The number of aromatic amines is 1. The summed E-state index contributed by atoms with van der Waals surface area (Å²) in [5.41, 5.74) is 2.40. The van der Waals surface area contributed by atoms with Crippen molar-refractivity contribution >= 4 is 40.6 Å². The van der Waals surface area contributed by atoms with E-state index in [1.807, 2.05) is 12.1 Å². The van der Waals surface area contributed by atoms with Crippen molar-refractivity contribution in [2.45, 2.75) is 0 Å². The topological polar surface area (TPSA) is 74.8 Å². The number of rotatable bonds is 2. The Bertz CT molecular complexity index is 721. The highest BCUT2D eigenvalue weighted by Crippen LogP contribution is 2.29. The average molecular weight is 306 g/mol. The molecule has 2 aromatic rings. The van der Waals surface area contributed by atoms with Crippen molar-refractivity contribution in [3.63, 3.8) is 0 Å². The van der Waals surface area contributed by atoms with Crippen molar-refractivity contribution < 1.29 is 9.59 Å². The summed E-state index contributed by atoms with van der Waals surface area (Å²) in [6, 6.07) is 7.25. The fraction of sp³-hybridized carbons (Fsp3) is 0. The SMILES string of the molecule is O=C1NC(=O)C(=Cc2cn[nH]c2-c2ccc(Cl)cc2)S1. The molecule has 100 valence electrons. The highest BCUT2D eigenvalue weighted by Gasteiger charge is 2.25. The molecular formula is C13H8ClN3O2S. The van der Waals surface area contributed by atoms with Crippen molar-refractivity contribution in [1.82, 2.24) is 15.5 Å². The molecule has 1 fully saturated rings. The highest BCUT2D eigenvalue weighted by atomic mass is 35.5. The van der Waals surface area contributed by atoms with Crippen molar-refractivity contribution in [2.24, 2.45) is 0 Å². The van der Waals surface area contributed by atoms with Crippen LogP contribution in [0, 0.1) is 0 Å². The van der Waals surface area contributed by atoms with Gasteiger partial charge in [0.2, 0.25) is 0 Å². The number of hydrogen-bond acceptors (Lipinski definition) is 4. The van der Waals surface area contributed by atoms with E-state index in [4.69, 9.17) is 11.6 Å². The largest absolute Gasteiger partial charge is 0.290 e. The number of amides is 2. The van der Waals surface area contributed by atoms with Gasteiger partial charge in [0.1, 0.15) is 0 Å². The summed E-state index contributed by atoms with van der Waals surface area (Å²) in [7, 11) is 0. The van der Waals surface area contributed by atoms with Crippen LogP contribution >= 0.6 is 23.4 Å². The van der Waals surface area contributed by atoms with Gasteiger partial charge >= 0.3 is 0 Å². The first kappa shape index (κ1) is 13.0. The van der Waals surface area contributed by atoms with Gasteiger partial charge in [0, 0.05) is 16.1 Å². The molecule has 1 saturated heterocycles. The van der Waals surface area contributed by atoms with Crippen LogP contribution in [0.15, 0.2) is 35.4 Å². The maximum atomic E-state index is 11.5. The number of nitrogens with zero attached hydrogens (tertiary/aromatic N) is 1. The van der Waals surface area contributed by atoms with Crippen LogP contribution in [-0.4, -0.2) is 21.3 Å². The van der Waals surface area contributed by atoms with Crippen LogP contribution in [0.4, 0.5) is 4.79 Å². The Labute approximate surface area is 123 Å². The van der Waals surface area contributed by atoms with E-state index < -0.39 is 0 Å². The molecule has 5 nitrogen and oxygen atoms in total. The lowest BCUT2D eigenvalue weighted by molar-refractivity contribution is -0.115. The average Bonchev–Trinajstić information content (AvgIpc) is 2.98. The number of hydrogen-bond donors (Lipinski definition) is 2. The second-order valence-corrected chi connectivity index (χ2v) is 5.51. The molecule has 2 N–H and O–H groups in total. The smallest absolute Gasteiger partial charge is 0.282 e. The molecule has 0 radical (unpaired) electrons. The van der Waals surface area contributed by atoms with Crippen molar-refractivity contribution in [1.29, 1.82) is 0 Å². The van der Waals surface area contributed by atoms with E-state index in [9.17, 15) is 9.59 Å². The van der Waals surface area contributed by atoms with Crippen molar-refractivity contribution in [2.75, 3.05) is 0 Å². The number of aromatic nitrogens is 2. The highest BCUT2D eigenvalue weighted by molar-refractivity contribution is 8.18. The predicted octanol–water partition coefficient (Wildman–Crippen LogP) is 3.05. The summed E-state index contributed by atoms with van der Waals surface area (Å²) < 4.78 is 0. The van der Waals surface area contributed by atoms with Gasteiger partial charge in [-0.05, 0) is 30.0 Å². The maximum absolute atomic E-state index is 11.5. The van der Waals surface area contributed by atoms with Gasteiger partial charge in [-0.15, -0.1) is 0 Å². The minimum absolute atomic E-state index is 0.353. The summed E-state index contributed by atoms with van der Waals surface area (Å²) in [6.07, 6.45) is 3.24. The molecule has 0 saturated carbocycles. The number of nitrogens with one attached hydrogen (secondary N) is 2. The molecule has 20 heavy (non-hydrogen) atoms. The van der Waals surface area contributed by atoms with Gasteiger partial charge in [-0.2, -0.15) is 5.10 Å². The lowest BCUT2D eigenvalue weighted by atomic mass is 10.1. The monoisotopic (exact) mass is 305 g/mol. The molecule has 2 amide bonds. The summed E-state index contributed by atoms with van der Waals surface area (Å²) >= 11 is 6.73. The molecule has 1 aliphatic heterocycles. The predicted molar refractivity (Wildman–Crippen MR) is 78.1 cm³/mol. The molecular weight excluding hydrogens is 298 g/mol. The number of H-pyrrole nitrogens is 1. The van der Waals surface area contributed by atoms with Gasteiger partial charge in [0.15, 0.2) is 0 Å². The Morgan fingerprint density at radius 1 is 1.20 bits per heavy atom. The third-order valence-corrected chi connectivity index (χ3v) is 3.79. The van der Waals surface area contributed by atoms with E-state index in [1.54, 1.807) is 24.4 Å². The fourth-order valence-corrected chi connectivity index (χ4v) is 2.61. The second kappa shape index (κ2) is 5.15. The Morgan fingerprint density at radius 2 is 1.95 bits per heavy atom. The lowest BCUT2D eigenvalue weighted by Crippen LogP contribution is -2.17. The van der Waals surface area contributed by atoms with Crippen LogP contribution in [0.1, 0.15) is 5.56 Å². The first-order valence-electron chi connectivity index (χ1n) is 5.67. The Morgan fingerprint density at radius 3 is 2.60 bits per heavy atom. The fourth-order valence-electron chi connectivity index (χ4n) is 1.81. The van der Waals surface area contributed by atoms with E-state index in [2.05, 4.69) is 15.5 Å². The molecule has 0 bridgehead atoms. The summed E-state index contributed by atoms with van der Waals surface area (Å²) in [6.45, 7) is 0. The molecule has 1 aromatic heterocycles. The summed E-state index contributed by atoms with van der Waals surface area (Å²) in [5.74, 6) is -0.386. The molecule has 3 rings (SSSR count). The van der Waals surface area contributed by atoms with Gasteiger partial charge in [-0.1, -0.05) is 23.7 Å². The minimum Gasteiger partial charge on any atom is -0.282 e. The van der Waals surface area contributed by atoms with E-state index in [1.165, 1.54) is 0 Å². The van der Waals surface area contributed by atoms with E-state index >= 15 is 0 Å². The quantitative estimate of drug-likeness (QED) is 0.836. The van der Waals surface area contributed by atoms with Crippen molar-refractivity contribution in [3.05, 3.63) is 46.0 Å². The zero-order valence-electron chi connectivity index (χ0n) is 10.0. The van der Waals surface area contributed by atoms with Gasteiger partial charge in [0.25, 0.3) is 11.1 Å². The van der Waals surface area contributed by atoms with Crippen LogP contribution < -0.4 is 5.32 Å². The zero-order valence-corrected chi connectivity index (χ0v) is 11.6. The van der Waals surface area contributed by atoms with Gasteiger partial charge < -0.3 is 0 Å². The van der Waals surface area contributed by atoms with Crippen LogP contribution in [0.2, 0.25) is 5.02 Å². The Hall–Kier alpha value is -2.05. The normalized spacial score (nSPS) is 16.8. The van der Waals surface area contributed by atoms with Gasteiger partial charge in [-0.25, -0.2) is 0 Å². The first-order valence-corrected chi connectivity index (χ1v) is 6.87. The molecule has 2 heterocycles. The van der Waals surface area contributed by atoms with Gasteiger partial charge in [-0.3, -0.25) is 20.0 Å². The lowest BCUT2D eigenvalue weighted by Gasteiger charge is -2.00. The summed E-state index contributed by atoms with van der Waals surface area (Å²) in [4.78, 5) is 23.0. The van der Waals surface area contributed by atoms with E-state index in [-0.39, 0.29) is 11.1 Å². The number of imide groups is 1. The standard InChI is InChI=1S/C13H8ClN3O2S/c14-9-3-1-7(2-4-9)11-8(6-15-17-11)5-10-12(18)16-13(19)20-10/h1-6H,(H,15,17)(H,16,18,19). The first-order chi connectivity index (χ1) is 9.63. The molecule has 1 aromatic carbocycles. The van der Waals surface area contributed by atoms with Crippen LogP contribution in [0.3, 0.4) is 0 Å². The third kappa shape index (κ3) is 2.48. The molecule has 7 heteroatoms. The Balaban J connectivity index is 1.99. The molecule has 0 aliphatic carbocycles. The number of benzene rings is 1. The summed E-state index contributed by atoms with van der Waals surface area (Å²) in [5, 5.41) is 9.35. The molecule has 0 atom stereocenters. The number of thioether (sulfide) groups is 1. The molecule has 0 spiro atoms. The molecule has 0 unspecified atom stereocenters.